The number of rotatable bonds is 6. The lowest BCUT2D eigenvalue weighted by molar-refractivity contribution is -0.0117. The van der Waals surface area contributed by atoms with Crippen LogP contribution in [-0.2, 0) is 0 Å². The van der Waals surface area contributed by atoms with Crippen molar-refractivity contribution in [2.45, 2.75) is 77.0 Å². The fourth-order valence-electron chi connectivity index (χ4n) is 2.85. The summed E-state index contributed by atoms with van der Waals surface area (Å²) in [6, 6.07) is -0.271. The summed E-state index contributed by atoms with van der Waals surface area (Å²) in [5.41, 5.74) is 6.01. The monoisotopic (exact) mass is 243 g/mol. The topological polar surface area (TPSA) is 66.5 Å². The average molecular weight is 243 g/mol. The predicted octanol–water partition coefficient (Wildman–Crippen LogP) is 2.05. The fraction of sp³-hybridized carbons (Fsp3) is 1.00. The molecular weight excluding hydrogens is 214 g/mol. The van der Waals surface area contributed by atoms with Crippen molar-refractivity contribution in [2.75, 3.05) is 0 Å². The Kier molecular flexibility index (Phi) is 6.45. The zero-order valence-electron chi connectivity index (χ0n) is 11.3. The summed E-state index contributed by atoms with van der Waals surface area (Å²) < 4.78 is 0. The van der Waals surface area contributed by atoms with E-state index in [4.69, 9.17) is 5.73 Å². The Labute approximate surface area is 105 Å². The van der Waals surface area contributed by atoms with Crippen LogP contribution in [0.15, 0.2) is 0 Å². The molecule has 0 heterocycles. The lowest BCUT2D eigenvalue weighted by Crippen LogP contribution is -2.44. The summed E-state index contributed by atoms with van der Waals surface area (Å²) in [4.78, 5) is 0. The van der Waals surface area contributed by atoms with Gasteiger partial charge < -0.3 is 15.9 Å². The molecular formula is C14H29NO2. The van der Waals surface area contributed by atoms with Crippen LogP contribution in [0.3, 0.4) is 0 Å². The molecule has 102 valence electrons. The van der Waals surface area contributed by atoms with E-state index < -0.39 is 12.2 Å². The zero-order chi connectivity index (χ0) is 12.8. The lowest BCUT2D eigenvalue weighted by Gasteiger charge is -2.29. The second-order valence-corrected chi connectivity index (χ2v) is 6.09. The zero-order valence-corrected chi connectivity index (χ0v) is 11.3. The molecule has 0 aromatic rings. The van der Waals surface area contributed by atoms with Crippen LogP contribution in [0, 0.1) is 11.8 Å². The molecule has 0 saturated heterocycles. The number of aliphatic hydroxyl groups excluding tert-OH is 2. The van der Waals surface area contributed by atoms with Crippen molar-refractivity contribution in [2.24, 2.45) is 17.6 Å². The molecule has 0 aromatic carbocycles. The van der Waals surface area contributed by atoms with Gasteiger partial charge in [-0.05, 0) is 24.7 Å². The summed E-state index contributed by atoms with van der Waals surface area (Å²) in [5, 5.41) is 19.8. The van der Waals surface area contributed by atoms with E-state index in [0.717, 1.165) is 6.42 Å². The van der Waals surface area contributed by atoms with Crippen LogP contribution in [0.5, 0.6) is 0 Å². The second kappa shape index (κ2) is 7.34. The van der Waals surface area contributed by atoms with Gasteiger partial charge in [0.15, 0.2) is 0 Å². The molecule has 1 rings (SSSR count). The van der Waals surface area contributed by atoms with Crippen LogP contribution in [-0.4, -0.2) is 28.5 Å². The van der Waals surface area contributed by atoms with Gasteiger partial charge >= 0.3 is 0 Å². The molecule has 3 heteroatoms. The molecule has 0 bridgehead atoms. The maximum Gasteiger partial charge on any atom is 0.0949 e. The van der Waals surface area contributed by atoms with Gasteiger partial charge in [0.05, 0.1) is 12.2 Å². The first-order chi connectivity index (χ1) is 8.00. The quantitative estimate of drug-likeness (QED) is 0.669. The summed E-state index contributed by atoms with van der Waals surface area (Å²) in [6.45, 7) is 4.09. The first-order valence-corrected chi connectivity index (χ1v) is 7.12. The molecule has 17 heavy (non-hydrogen) atoms. The maximum atomic E-state index is 9.99. The Balaban J connectivity index is 2.31. The van der Waals surface area contributed by atoms with E-state index in [1.54, 1.807) is 0 Å². The molecule has 0 spiro atoms. The van der Waals surface area contributed by atoms with Gasteiger partial charge in [0.2, 0.25) is 0 Å². The summed E-state index contributed by atoms with van der Waals surface area (Å²) in [7, 11) is 0. The van der Waals surface area contributed by atoms with Crippen molar-refractivity contribution in [3.05, 3.63) is 0 Å². The van der Waals surface area contributed by atoms with Gasteiger partial charge in [0, 0.05) is 6.04 Å². The minimum Gasteiger partial charge on any atom is -0.390 e. The molecule has 3 nitrogen and oxygen atoms in total. The van der Waals surface area contributed by atoms with E-state index in [1.807, 2.05) is 13.8 Å². The van der Waals surface area contributed by atoms with Crippen molar-refractivity contribution in [3.63, 3.8) is 0 Å². The summed E-state index contributed by atoms with van der Waals surface area (Å²) in [6.07, 6.45) is 6.44. The van der Waals surface area contributed by atoms with Gasteiger partial charge in [-0.1, -0.05) is 46.0 Å². The predicted molar refractivity (Wildman–Crippen MR) is 70.6 cm³/mol. The van der Waals surface area contributed by atoms with Crippen LogP contribution in [0.1, 0.15) is 58.8 Å². The van der Waals surface area contributed by atoms with Gasteiger partial charge in [0.25, 0.3) is 0 Å². The van der Waals surface area contributed by atoms with E-state index in [2.05, 4.69) is 0 Å². The lowest BCUT2D eigenvalue weighted by atomic mass is 9.83. The minimum absolute atomic E-state index is 0.271. The van der Waals surface area contributed by atoms with Crippen LogP contribution in [0.25, 0.3) is 0 Å². The minimum atomic E-state index is -0.765. The fourth-order valence-corrected chi connectivity index (χ4v) is 2.85. The largest absolute Gasteiger partial charge is 0.390 e. The Morgan fingerprint density at radius 1 is 1.12 bits per heavy atom. The molecule has 1 aliphatic carbocycles. The number of hydrogen-bond donors (Lipinski definition) is 3. The van der Waals surface area contributed by atoms with Gasteiger partial charge in [-0.3, -0.25) is 0 Å². The number of aliphatic hydroxyl groups is 2. The molecule has 0 amide bonds. The van der Waals surface area contributed by atoms with E-state index in [0.29, 0.717) is 18.3 Å². The Morgan fingerprint density at radius 2 is 1.71 bits per heavy atom. The van der Waals surface area contributed by atoms with Crippen molar-refractivity contribution in [3.8, 4) is 0 Å². The SMILES string of the molecule is CC(C)C[C@H](O)[C@@H](O)[C@H](N)CC1CCCCC1. The third-order valence-corrected chi connectivity index (χ3v) is 3.88. The van der Waals surface area contributed by atoms with E-state index in [-0.39, 0.29) is 6.04 Å². The highest BCUT2D eigenvalue weighted by Gasteiger charge is 2.26. The molecule has 4 N–H and O–H groups in total. The highest BCUT2D eigenvalue weighted by atomic mass is 16.3. The Hall–Kier alpha value is -0.120. The van der Waals surface area contributed by atoms with E-state index in [1.165, 1.54) is 32.1 Å². The van der Waals surface area contributed by atoms with Crippen molar-refractivity contribution >= 4 is 0 Å². The van der Waals surface area contributed by atoms with E-state index >= 15 is 0 Å². The van der Waals surface area contributed by atoms with Gasteiger partial charge in [0.1, 0.15) is 0 Å². The van der Waals surface area contributed by atoms with Crippen LogP contribution in [0.4, 0.5) is 0 Å². The number of hydrogen-bond acceptors (Lipinski definition) is 3. The molecule has 1 saturated carbocycles. The third kappa shape index (κ3) is 5.36. The van der Waals surface area contributed by atoms with Crippen molar-refractivity contribution < 1.29 is 10.2 Å². The molecule has 0 radical (unpaired) electrons. The molecule has 1 fully saturated rings. The third-order valence-electron chi connectivity index (χ3n) is 3.88. The smallest absolute Gasteiger partial charge is 0.0949 e. The second-order valence-electron chi connectivity index (χ2n) is 6.09. The molecule has 0 aliphatic heterocycles. The Morgan fingerprint density at radius 3 is 2.24 bits per heavy atom. The first kappa shape index (κ1) is 14.9. The van der Waals surface area contributed by atoms with Crippen LogP contribution < -0.4 is 5.73 Å². The molecule has 0 aromatic heterocycles. The highest BCUT2D eigenvalue weighted by Crippen LogP contribution is 2.28. The van der Waals surface area contributed by atoms with Crippen LogP contribution >= 0.6 is 0 Å². The van der Waals surface area contributed by atoms with Crippen molar-refractivity contribution in [1.29, 1.82) is 0 Å². The highest BCUT2D eigenvalue weighted by molar-refractivity contribution is 4.82. The standard InChI is InChI=1S/C14H29NO2/c1-10(2)8-13(16)14(17)12(15)9-11-6-4-3-5-7-11/h10-14,16-17H,3-9,15H2,1-2H3/t12-,13+,14+/m1/s1. The van der Waals surface area contributed by atoms with Gasteiger partial charge in [-0.2, -0.15) is 0 Å². The Bertz CT molecular complexity index is 202. The maximum absolute atomic E-state index is 9.99. The first-order valence-electron chi connectivity index (χ1n) is 7.12. The average Bonchev–Trinajstić information content (AvgIpc) is 2.28. The van der Waals surface area contributed by atoms with Crippen LogP contribution in [0.2, 0.25) is 0 Å². The van der Waals surface area contributed by atoms with Gasteiger partial charge in [-0.25, -0.2) is 0 Å². The van der Waals surface area contributed by atoms with E-state index in [9.17, 15) is 10.2 Å². The molecule has 1 aliphatic rings. The number of nitrogens with two attached hydrogens (primary N) is 1. The summed E-state index contributed by atoms with van der Waals surface area (Å²) >= 11 is 0. The van der Waals surface area contributed by atoms with Crippen molar-refractivity contribution in [1.82, 2.24) is 0 Å². The molecule has 0 unspecified atom stereocenters. The normalized spacial score (nSPS) is 23.6. The van der Waals surface area contributed by atoms with Gasteiger partial charge in [-0.15, -0.1) is 0 Å². The summed E-state index contributed by atoms with van der Waals surface area (Å²) in [5.74, 6) is 1.04. The molecule has 3 atom stereocenters.